The quantitative estimate of drug-likeness (QED) is 0.545. The zero-order chi connectivity index (χ0) is 21.9. The maximum Gasteiger partial charge on any atom is 0.410 e. The Kier molecular flexibility index (Phi) is 8.62. The summed E-state index contributed by atoms with van der Waals surface area (Å²) in [7, 11) is 0. The van der Waals surface area contributed by atoms with Gasteiger partial charge < -0.3 is 19.8 Å². The first-order valence-electron chi connectivity index (χ1n) is 9.48. The van der Waals surface area contributed by atoms with E-state index >= 15 is 0 Å². The predicted octanol–water partition coefficient (Wildman–Crippen LogP) is 3.80. The van der Waals surface area contributed by atoms with Crippen molar-refractivity contribution in [2.45, 2.75) is 19.6 Å². The van der Waals surface area contributed by atoms with Crippen LogP contribution in [0.25, 0.3) is 0 Å². The molecule has 158 valence electrons. The molecule has 0 spiro atoms. The average Bonchev–Trinajstić information content (AvgIpc) is 2.74. The maximum atomic E-state index is 12.8. The van der Waals surface area contributed by atoms with Crippen molar-refractivity contribution >= 4 is 18.0 Å². The Morgan fingerprint density at radius 3 is 1.93 bits per heavy atom. The number of ether oxygens (including phenoxy) is 1. The minimum Gasteiger partial charge on any atom is -0.481 e. The number of hydrogen-bond donors (Lipinski definition) is 2. The van der Waals surface area contributed by atoms with Crippen molar-refractivity contribution in [3.05, 3.63) is 84.4 Å². The molecule has 7 heteroatoms. The van der Waals surface area contributed by atoms with Crippen molar-refractivity contribution in [1.82, 2.24) is 4.90 Å². The smallest absolute Gasteiger partial charge is 0.410 e. The molecule has 0 heterocycles. The van der Waals surface area contributed by atoms with E-state index in [4.69, 9.17) is 4.74 Å². The molecular formula is C23H25NO6. The van der Waals surface area contributed by atoms with Crippen LogP contribution in [-0.2, 0) is 27.5 Å². The molecule has 30 heavy (non-hydrogen) atoms. The van der Waals surface area contributed by atoms with Gasteiger partial charge >= 0.3 is 18.0 Å². The zero-order valence-corrected chi connectivity index (χ0v) is 16.5. The fraction of sp³-hybridized carbons (Fsp3) is 0.261. The second-order valence-electron chi connectivity index (χ2n) is 6.82. The van der Waals surface area contributed by atoms with Gasteiger partial charge in [0.15, 0.2) is 0 Å². The summed E-state index contributed by atoms with van der Waals surface area (Å²) in [5.41, 5.74) is 1.56. The number of hydrogen-bond acceptors (Lipinski definition) is 4. The van der Waals surface area contributed by atoms with Crippen molar-refractivity contribution in [3.63, 3.8) is 0 Å². The normalized spacial score (nSPS) is 12.4. The average molecular weight is 411 g/mol. The Hall–Kier alpha value is -3.61. The fourth-order valence-corrected chi connectivity index (χ4v) is 3.05. The lowest BCUT2D eigenvalue weighted by Gasteiger charge is -2.28. The van der Waals surface area contributed by atoms with Crippen LogP contribution in [0, 0.1) is 11.8 Å². The Labute approximate surface area is 175 Å². The first kappa shape index (κ1) is 22.7. The maximum absolute atomic E-state index is 12.8. The number of carbonyl (C=O) groups excluding carboxylic acids is 1. The van der Waals surface area contributed by atoms with Gasteiger partial charge in [0.2, 0.25) is 0 Å². The van der Waals surface area contributed by atoms with Crippen LogP contribution >= 0.6 is 0 Å². The molecule has 2 rings (SSSR count). The summed E-state index contributed by atoms with van der Waals surface area (Å²) in [5.74, 6) is -5.06. The van der Waals surface area contributed by atoms with E-state index in [0.717, 1.165) is 11.1 Å². The summed E-state index contributed by atoms with van der Waals surface area (Å²) in [4.78, 5) is 37.4. The number of amides is 1. The summed E-state index contributed by atoms with van der Waals surface area (Å²) >= 11 is 0. The van der Waals surface area contributed by atoms with Crippen molar-refractivity contribution in [2.75, 3.05) is 6.54 Å². The highest BCUT2D eigenvalue weighted by Gasteiger charge is 2.35. The van der Waals surface area contributed by atoms with Gasteiger partial charge in [0.25, 0.3) is 0 Å². The minimum absolute atomic E-state index is 0.0233. The van der Waals surface area contributed by atoms with E-state index in [0.29, 0.717) is 0 Å². The standard InChI is InChI=1S/C23H25NO6/c1-2-9-19(21(25)26)20(22(27)28)15-24(14-17-10-5-3-6-11-17)23(29)30-16-18-12-7-4-8-13-18/h2-8,10-13,19-20H,1,9,14-16H2,(H,25,26)(H,27,28)/t19-,20-/m0/s1. The topological polar surface area (TPSA) is 104 Å². The Balaban J connectivity index is 2.22. The minimum atomic E-state index is -1.31. The molecule has 0 bridgehead atoms. The van der Waals surface area contributed by atoms with E-state index < -0.39 is 29.9 Å². The van der Waals surface area contributed by atoms with Gasteiger partial charge in [0.1, 0.15) is 6.61 Å². The van der Waals surface area contributed by atoms with Crippen LogP contribution in [-0.4, -0.2) is 39.7 Å². The molecule has 0 fully saturated rings. The van der Waals surface area contributed by atoms with Gasteiger partial charge in [-0.3, -0.25) is 9.59 Å². The SMILES string of the molecule is C=CC[C@H](C(=O)O)[C@H](CN(Cc1ccccc1)C(=O)OCc1ccccc1)C(=O)O. The lowest BCUT2D eigenvalue weighted by molar-refractivity contribution is -0.154. The number of carboxylic acids is 2. The van der Waals surface area contributed by atoms with Crippen molar-refractivity contribution in [2.24, 2.45) is 11.8 Å². The third-order valence-corrected chi connectivity index (χ3v) is 4.64. The summed E-state index contributed by atoms with van der Waals surface area (Å²) in [6.45, 7) is 3.33. The molecule has 0 aliphatic heterocycles. The largest absolute Gasteiger partial charge is 0.481 e. The molecule has 0 aliphatic carbocycles. The summed E-state index contributed by atoms with van der Waals surface area (Å²) in [6, 6.07) is 18.1. The molecule has 2 N–H and O–H groups in total. The van der Waals surface area contributed by atoms with E-state index in [1.54, 1.807) is 36.4 Å². The van der Waals surface area contributed by atoms with Crippen LogP contribution in [0.1, 0.15) is 17.5 Å². The van der Waals surface area contributed by atoms with Crippen molar-refractivity contribution < 1.29 is 29.3 Å². The summed E-state index contributed by atoms with van der Waals surface area (Å²) in [6.07, 6.45) is 0.630. The molecule has 2 aromatic carbocycles. The van der Waals surface area contributed by atoms with Crippen LogP contribution in [0.4, 0.5) is 4.79 Å². The highest BCUT2D eigenvalue weighted by molar-refractivity contribution is 5.81. The molecule has 0 radical (unpaired) electrons. The van der Waals surface area contributed by atoms with Gasteiger partial charge in [-0.05, 0) is 17.5 Å². The van der Waals surface area contributed by atoms with Crippen molar-refractivity contribution in [3.8, 4) is 0 Å². The molecular weight excluding hydrogens is 386 g/mol. The fourth-order valence-electron chi connectivity index (χ4n) is 3.05. The third kappa shape index (κ3) is 6.77. The molecule has 1 amide bonds. The van der Waals surface area contributed by atoms with Crippen molar-refractivity contribution in [1.29, 1.82) is 0 Å². The van der Waals surface area contributed by atoms with E-state index in [9.17, 15) is 24.6 Å². The lowest BCUT2D eigenvalue weighted by Crippen LogP contribution is -2.42. The van der Waals surface area contributed by atoms with Crippen LogP contribution in [0.2, 0.25) is 0 Å². The lowest BCUT2D eigenvalue weighted by atomic mass is 9.89. The van der Waals surface area contributed by atoms with Crippen LogP contribution in [0.15, 0.2) is 73.3 Å². The van der Waals surface area contributed by atoms with Gasteiger partial charge in [-0.1, -0.05) is 66.7 Å². The first-order chi connectivity index (χ1) is 14.4. The zero-order valence-electron chi connectivity index (χ0n) is 16.5. The number of carbonyl (C=O) groups is 3. The third-order valence-electron chi connectivity index (χ3n) is 4.64. The van der Waals surface area contributed by atoms with E-state index in [-0.39, 0.29) is 26.1 Å². The number of benzene rings is 2. The predicted molar refractivity (Wildman–Crippen MR) is 111 cm³/mol. The number of rotatable bonds is 11. The number of allylic oxidation sites excluding steroid dienone is 1. The Bertz CT molecular complexity index is 853. The van der Waals surface area contributed by atoms with Gasteiger partial charge in [0, 0.05) is 13.1 Å². The second kappa shape index (κ2) is 11.4. The van der Waals surface area contributed by atoms with Crippen LogP contribution in [0.3, 0.4) is 0 Å². The van der Waals surface area contributed by atoms with Gasteiger partial charge in [-0.15, -0.1) is 6.58 Å². The highest BCUT2D eigenvalue weighted by Crippen LogP contribution is 2.21. The Morgan fingerprint density at radius 1 is 0.900 bits per heavy atom. The van der Waals surface area contributed by atoms with Gasteiger partial charge in [-0.2, -0.15) is 0 Å². The van der Waals surface area contributed by atoms with E-state index in [1.165, 1.54) is 11.0 Å². The highest BCUT2D eigenvalue weighted by atomic mass is 16.6. The number of aliphatic carboxylic acids is 2. The van der Waals surface area contributed by atoms with Crippen LogP contribution < -0.4 is 0 Å². The molecule has 0 saturated carbocycles. The molecule has 7 nitrogen and oxygen atoms in total. The summed E-state index contributed by atoms with van der Waals surface area (Å²) < 4.78 is 5.37. The van der Waals surface area contributed by atoms with E-state index in [2.05, 4.69) is 6.58 Å². The Morgan fingerprint density at radius 2 is 1.43 bits per heavy atom. The second-order valence-corrected chi connectivity index (χ2v) is 6.82. The molecule has 2 aromatic rings. The van der Waals surface area contributed by atoms with Gasteiger partial charge in [0.05, 0.1) is 11.8 Å². The molecule has 0 aliphatic rings. The number of carboxylic acid groups (broad SMARTS) is 2. The number of nitrogens with zero attached hydrogens (tertiary/aromatic N) is 1. The molecule has 0 saturated heterocycles. The van der Waals surface area contributed by atoms with Crippen LogP contribution in [0.5, 0.6) is 0 Å². The molecule has 0 unspecified atom stereocenters. The molecule has 2 atom stereocenters. The molecule has 0 aromatic heterocycles. The van der Waals surface area contributed by atoms with E-state index in [1.807, 2.05) is 24.3 Å². The monoisotopic (exact) mass is 411 g/mol. The van der Waals surface area contributed by atoms with Gasteiger partial charge in [-0.25, -0.2) is 4.79 Å². The first-order valence-corrected chi connectivity index (χ1v) is 9.48. The summed E-state index contributed by atoms with van der Waals surface area (Å²) in [5, 5.41) is 19.1.